The van der Waals surface area contributed by atoms with Gasteiger partial charge in [0, 0.05) is 28.7 Å². The van der Waals surface area contributed by atoms with E-state index in [0.29, 0.717) is 29.1 Å². The number of H-pyrrole nitrogens is 1. The van der Waals surface area contributed by atoms with E-state index in [2.05, 4.69) is 26.5 Å². The summed E-state index contributed by atoms with van der Waals surface area (Å²) >= 11 is 0. The minimum absolute atomic E-state index is 0.139. The van der Waals surface area contributed by atoms with Crippen molar-refractivity contribution >= 4 is 22.6 Å². The fourth-order valence-electron chi connectivity index (χ4n) is 4.91. The Bertz CT molecular complexity index is 1370. The van der Waals surface area contributed by atoms with Gasteiger partial charge < -0.3 is 15.3 Å². The van der Waals surface area contributed by atoms with Crippen LogP contribution in [0.1, 0.15) is 51.7 Å². The number of rotatable bonds is 6. The number of aliphatic hydroxyl groups excluding tert-OH is 1. The topological polar surface area (TPSA) is 94.1 Å². The largest absolute Gasteiger partial charge is 0.385 e. The second-order valence-corrected chi connectivity index (χ2v) is 9.59. The van der Waals surface area contributed by atoms with Crippen LogP contribution in [0.25, 0.3) is 22.3 Å². The van der Waals surface area contributed by atoms with Crippen LogP contribution in [0.4, 0.5) is 5.69 Å². The van der Waals surface area contributed by atoms with Gasteiger partial charge in [0.15, 0.2) is 5.65 Å². The number of likely N-dealkylation sites (tertiary alicyclic amines) is 1. The van der Waals surface area contributed by atoms with Gasteiger partial charge in [0.1, 0.15) is 11.8 Å². The number of aliphatic hydroxyl groups is 1. The summed E-state index contributed by atoms with van der Waals surface area (Å²) in [7, 11) is 0. The Morgan fingerprint density at radius 1 is 1.06 bits per heavy atom. The lowest BCUT2D eigenvalue weighted by Gasteiger charge is -2.18. The lowest BCUT2D eigenvalue weighted by molar-refractivity contribution is 0.102. The van der Waals surface area contributed by atoms with Crippen molar-refractivity contribution in [2.45, 2.75) is 39.7 Å². The second kappa shape index (κ2) is 9.60. The molecule has 1 aliphatic heterocycles. The normalized spacial score (nSPS) is 15.0. The number of pyridine rings is 1. The first-order chi connectivity index (χ1) is 16.9. The van der Waals surface area contributed by atoms with Crippen LogP contribution < -0.4 is 5.32 Å². The molecule has 2 aromatic carbocycles. The summed E-state index contributed by atoms with van der Waals surface area (Å²) in [5.41, 5.74) is 7.50. The summed E-state index contributed by atoms with van der Waals surface area (Å²) in [6.45, 7) is 8.64. The Balaban J connectivity index is 1.39. The van der Waals surface area contributed by atoms with E-state index in [1.165, 1.54) is 12.8 Å². The molecule has 4 aromatic rings. The summed E-state index contributed by atoms with van der Waals surface area (Å²) < 4.78 is 0. The standard InChI is InChI=1S/C28H31N5O2/c1-17-12-18(2)14-20(13-17)28(35)29-21-7-6-19(3)23(15-21)24-9-8-22-26(31-32-27(22)30-24)25(34)16-33-10-4-5-11-33/h6-9,12-15,25,34H,4-5,10-11,16H2,1-3H3,(H,29,35)(H,30,31,32). The zero-order chi connectivity index (χ0) is 24.5. The molecule has 0 spiro atoms. The van der Waals surface area contributed by atoms with Crippen molar-refractivity contribution in [1.82, 2.24) is 20.1 Å². The Morgan fingerprint density at radius 3 is 2.54 bits per heavy atom. The molecule has 0 radical (unpaired) electrons. The van der Waals surface area contributed by atoms with Crippen LogP contribution in [0.2, 0.25) is 0 Å². The molecular weight excluding hydrogens is 438 g/mol. The van der Waals surface area contributed by atoms with Crippen molar-refractivity contribution in [3.8, 4) is 11.3 Å². The van der Waals surface area contributed by atoms with Gasteiger partial charge in [0.05, 0.1) is 5.69 Å². The number of amides is 1. The Kier molecular flexibility index (Phi) is 6.36. The van der Waals surface area contributed by atoms with Crippen molar-refractivity contribution in [2.75, 3.05) is 25.0 Å². The second-order valence-electron chi connectivity index (χ2n) is 9.59. The number of aromatic amines is 1. The number of carbonyl (C=O) groups excluding carboxylic acids is 1. The monoisotopic (exact) mass is 469 g/mol. The van der Waals surface area contributed by atoms with Crippen LogP contribution in [0.3, 0.4) is 0 Å². The molecule has 1 atom stereocenters. The number of aromatic nitrogens is 3. The van der Waals surface area contributed by atoms with Crippen molar-refractivity contribution in [2.24, 2.45) is 0 Å². The number of fused-ring (bicyclic) bond motifs is 1. The van der Waals surface area contributed by atoms with E-state index in [9.17, 15) is 9.90 Å². The van der Waals surface area contributed by atoms with Crippen LogP contribution in [0, 0.1) is 20.8 Å². The summed E-state index contributed by atoms with van der Waals surface area (Å²) in [6.07, 6.45) is 1.71. The molecule has 1 saturated heterocycles. The van der Waals surface area contributed by atoms with Crippen molar-refractivity contribution < 1.29 is 9.90 Å². The molecule has 3 heterocycles. The molecule has 35 heavy (non-hydrogen) atoms. The van der Waals surface area contributed by atoms with Gasteiger partial charge in [0.25, 0.3) is 5.91 Å². The molecule has 7 heteroatoms. The number of benzene rings is 2. The van der Waals surface area contributed by atoms with E-state index in [-0.39, 0.29) is 5.91 Å². The Labute approximate surface area is 205 Å². The average molecular weight is 470 g/mol. The average Bonchev–Trinajstić information content (AvgIpc) is 3.49. The predicted molar refractivity (Wildman–Crippen MR) is 139 cm³/mol. The van der Waals surface area contributed by atoms with E-state index >= 15 is 0 Å². The highest BCUT2D eigenvalue weighted by molar-refractivity contribution is 6.04. The van der Waals surface area contributed by atoms with Crippen molar-refractivity contribution in [3.63, 3.8) is 0 Å². The smallest absolute Gasteiger partial charge is 0.255 e. The summed E-state index contributed by atoms with van der Waals surface area (Å²) in [5.74, 6) is -0.139. The molecule has 3 N–H and O–H groups in total. The van der Waals surface area contributed by atoms with Crippen LogP contribution in [0.5, 0.6) is 0 Å². The number of hydrogen-bond donors (Lipinski definition) is 3. The highest BCUT2D eigenvalue weighted by atomic mass is 16.3. The third-order valence-electron chi connectivity index (χ3n) is 6.65. The number of carbonyl (C=O) groups is 1. The third kappa shape index (κ3) is 4.97. The highest BCUT2D eigenvalue weighted by Crippen LogP contribution is 2.29. The van der Waals surface area contributed by atoms with Crippen molar-refractivity contribution in [1.29, 1.82) is 0 Å². The Hall–Kier alpha value is -3.55. The summed E-state index contributed by atoms with van der Waals surface area (Å²) in [5, 5.41) is 22.0. The lowest BCUT2D eigenvalue weighted by Crippen LogP contribution is -2.25. The molecule has 7 nitrogen and oxygen atoms in total. The van der Waals surface area contributed by atoms with Crippen LogP contribution in [0.15, 0.2) is 48.5 Å². The lowest BCUT2D eigenvalue weighted by atomic mass is 10.0. The molecule has 1 fully saturated rings. The first-order valence-electron chi connectivity index (χ1n) is 12.1. The number of nitrogens with zero attached hydrogens (tertiary/aromatic N) is 3. The molecule has 5 rings (SSSR count). The fraction of sp³-hybridized carbons (Fsp3) is 0.321. The number of nitrogens with one attached hydrogen (secondary N) is 2. The molecule has 0 saturated carbocycles. The van der Waals surface area contributed by atoms with Gasteiger partial charge in [-0.15, -0.1) is 0 Å². The summed E-state index contributed by atoms with van der Waals surface area (Å²) in [6, 6.07) is 15.6. The molecule has 2 aromatic heterocycles. The Morgan fingerprint density at radius 2 is 1.80 bits per heavy atom. The van der Waals surface area contributed by atoms with Gasteiger partial charge in [-0.3, -0.25) is 9.89 Å². The van der Waals surface area contributed by atoms with E-state index in [4.69, 9.17) is 4.98 Å². The van der Waals surface area contributed by atoms with Gasteiger partial charge in [-0.25, -0.2) is 4.98 Å². The highest BCUT2D eigenvalue weighted by Gasteiger charge is 2.21. The predicted octanol–water partition coefficient (Wildman–Crippen LogP) is 4.93. The number of hydrogen-bond acceptors (Lipinski definition) is 5. The summed E-state index contributed by atoms with van der Waals surface area (Å²) in [4.78, 5) is 19.9. The van der Waals surface area contributed by atoms with Gasteiger partial charge >= 0.3 is 0 Å². The van der Waals surface area contributed by atoms with Crippen molar-refractivity contribution in [3.05, 3.63) is 76.5 Å². The third-order valence-corrected chi connectivity index (χ3v) is 6.65. The fourth-order valence-corrected chi connectivity index (χ4v) is 4.91. The van der Waals surface area contributed by atoms with Crippen LogP contribution in [-0.4, -0.2) is 50.7 Å². The van der Waals surface area contributed by atoms with E-state index in [0.717, 1.165) is 46.4 Å². The quantitative estimate of drug-likeness (QED) is 0.372. The first kappa shape index (κ1) is 23.2. The van der Waals surface area contributed by atoms with E-state index < -0.39 is 6.10 Å². The molecule has 0 bridgehead atoms. The van der Waals surface area contributed by atoms with Gasteiger partial charge in [-0.2, -0.15) is 5.10 Å². The number of aryl methyl sites for hydroxylation is 3. The van der Waals surface area contributed by atoms with Crippen LogP contribution in [-0.2, 0) is 0 Å². The molecule has 180 valence electrons. The maximum Gasteiger partial charge on any atom is 0.255 e. The molecular formula is C28H31N5O2. The zero-order valence-electron chi connectivity index (χ0n) is 20.4. The maximum atomic E-state index is 12.8. The number of anilines is 1. The molecule has 0 aliphatic carbocycles. The zero-order valence-corrected chi connectivity index (χ0v) is 20.4. The maximum absolute atomic E-state index is 12.8. The number of β-amino-alcohol motifs (C(OH)–C–C–N with tert-alkyl or cyclic N) is 1. The van der Waals surface area contributed by atoms with Crippen LogP contribution >= 0.6 is 0 Å². The SMILES string of the molecule is Cc1cc(C)cc(C(=O)Nc2ccc(C)c(-c3ccc4c(C(O)CN5CCCC5)n[nH]c4n3)c2)c1. The molecule has 1 amide bonds. The minimum Gasteiger partial charge on any atom is -0.385 e. The van der Waals surface area contributed by atoms with E-state index in [1.807, 2.05) is 63.2 Å². The molecule has 1 unspecified atom stereocenters. The van der Waals surface area contributed by atoms with Gasteiger partial charge in [-0.1, -0.05) is 23.3 Å². The van der Waals surface area contributed by atoms with E-state index in [1.54, 1.807) is 0 Å². The van der Waals surface area contributed by atoms with Gasteiger partial charge in [0.2, 0.25) is 0 Å². The van der Waals surface area contributed by atoms with Gasteiger partial charge in [-0.05, 0) is 88.7 Å². The first-order valence-corrected chi connectivity index (χ1v) is 12.1. The molecule has 1 aliphatic rings. The minimum atomic E-state index is -0.653.